The van der Waals surface area contributed by atoms with Crippen molar-refractivity contribution < 1.29 is 4.79 Å². The lowest BCUT2D eigenvalue weighted by Gasteiger charge is -2.31. The second-order valence-electron chi connectivity index (χ2n) is 7.88. The highest BCUT2D eigenvalue weighted by molar-refractivity contribution is 6.31. The largest absolute Gasteiger partial charge is 0.299 e. The first-order chi connectivity index (χ1) is 14.6. The molecule has 4 nitrogen and oxygen atoms in total. The molecule has 1 aliphatic heterocycles. The summed E-state index contributed by atoms with van der Waals surface area (Å²) in [6.45, 7) is 4.52. The van der Waals surface area contributed by atoms with Crippen LogP contribution in [0.2, 0.25) is 5.02 Å². The van der Waals surface area contributed by atoms with Gasteiger partial charge in [0.2, 0.25) is 5.91 Å². The summed E-state index contributed by atoms with van der Waals surface area (Å²) in [6, 6.07) is 22.4. The Morgan fingerprint density at radius 2 is 1.73 bits per heavy atom. The molecular weight excluding hydrogens is 394 g/mol. The Balaban J connectivity index is 1.31. The Morgan fingerprint density at radius 1 is 1.03 bits per heavy atom. The minimum atomic E-state index is 0.000601. The van der Waals surface area contributed by atoms with E-state index in [1.807, 2.05) is 43.3 Å². The summed E-state index contributed by atoms with van der Waals surface area (Å²) >= 11 is 6.27. The lowest BCUT2D eigenvalue weighted by molar-refractivity contribution is -0.126. The van der Waals surface area contributed by atoms with Crippen molar-refractivity contribution in [3.63, 3.8) is 0 Å². The molecule has 1 amide bonds. The summed E-state index contributed by atoms with van der Waals surface area (Å²) in [5.74, 6) is 0.00758. The molecular formula is C25H26ClN3O. The number of halogens is 1. The molecule has 0 bridgehead atoms. The molecule has 0 spiro atoms. The molecule has 1 heterocycles. The first-order valence-electron chi connectivity index (χ1n) is 10.4. The molecule has 0 atom stereocenters. The fourth-order valence-corrected chi connectivity index (χ4v) is 4.13. The van der Waals surface area contributed by atoms with Crippen molar-refractivity contribution in [2.75, 3.05) is 13.1 Å². The second kappa shape index (κ2) is 9.41. The minimum absolute atomic E-state index is 0.000601. The summed E-state index contributed by atoms with van der Waals surface area (Å²) in [6.07, 6.45) is 1.67. The van der Waals surface area contributed by atoms with Crippen LogP contribution in [0.25, 0.3) is 10.8 Å². The van der Waals surface area contributed by atoms with E-state index in [0.29, 0.717) is 0 Å². The third-order valence-corrected chi connectivity index (χ3v) is 6.18. The van der Waals surface area contributed by atoms with Crippen molar-refractivity contribution in [2.24, 2.45) is 11.0 Å². The Bertz CT molecular complexity index is 1070. The summed E-state index contributed by atoms with van der Waals surface area (Å²) < 4.78 is 0. The van der Waals surface area contributed by atoms with Crippen LogP contribution in [-0.4, -0.2) is 29.6 Å². The van der Waals surface area contributed by atoms with Crippen LogP contribution in [-0.2, 0) is 11.3 Å². The summed E-state index contributed by atoms with van der Waals surface area (Å²) in [5.41, 5.74) is 5.75. The number of rotatable bonds is 5. The molecule has 3 aromatic rings. The smallest absolute Gasteiger partial charge is 0.243 e. The third-order valence-electron chi connectivity index (χ3n) is 5.81. The summed E-state index contributed by atoms with van der Waals surface area (Å²) in [7, 11) is 0. The maximum absolute atomic E-state index is 12.6. The number of carbonyl (C=O) groups is 1. The van der Waals surface area contributed by atoms with Crippen molar-refractivity contribution in [3.05, 3.63) is 82.9 Å². The van der Waals surface area contributed by atoms with Crippen molar-refractivity contribution in [1.82, 2.24) is 10.3 Å². The Hall–Kier alpha value is -2.69. The minimum Gasteiger partial charge on any atom is -0.299 e. The van der Waals surface area contributed by atoms with Gasteiger partial charge in [-0.1, -0.05) is 66.2 Å². The number of hydrazone groups is 1. The van der Waals surface area contributed by atoms with Crippen molar-refractivity contribution in [2.45, 2.75) is 26.3 Å². The van der Waals surface area contributed by atoms with E-state index in [9.17, 15) is 4.79 Å². The van der Waals surface area contributed by atoms with Gasteiger partial charge >= 0.3 is 0 Å². The molecule has 0 saturated carbocycles. The van der Waals surface area contributed by atoms with Crippen LogP contribution < -0.4 is 5.43 Å². The quantitative estimate of drug-likeness (QED) is 0.453. The number of hydrogen-bond donors (Lipinski definition) is 1. The molecule has 4 rings (SSSR count). The topological polar surface area (TPSA) is 44.7 Å². The molecule has 1 N–H and O–H groups in total. The van der Waals surface area contributed by atoms with Gasteiger partial charge in [0.1, 0.15) is 0 Å². The molecule has 0 aromatic heterocycles. The van der Waals surface area contributed by atoms with E-state index in [1.54, 1.807) is 0 Å². The number of carbonyl (C=O) groups excluding carboxylic acids is 1. The van der Waals surface area contributed by atoms with E-state index in [-0.39, 0.29) is 11.8 Å². The number of likely N-dealkylation sites (tertiary alicyclic amines) is 1. The highest BCUT2D eigenvalue weighted by Crippen LogP contribution is 2.22. The Morgan fingerprint density at radius 3 is 2.50 bits per heavy atom. The van der Waals surface area contributed by atoms with E-state index < -0.39 is 0 Å². The lowest BCUT2D eigenvalue weighted by atomic mass is 9.96. The zero-order valence-electron chi connectivity index (χ0n) is 17.1. The van der Waals surface area contributed by atoms with E-state index in [4.69, 9.17) is 11.6 Å². The number of amides is 1. The Labute approximate surface area is 182 Å². The molecule has 1 fully saturated rings. The first-order valence-corrected chi connectivity index (χ1v) is 10.8. The molecule has 1 aliphatic rings. The van der Waals surface area contributed by atoms with E-state index in [2.05, 4.69) is 45.8 Å². The van der Waals surface area contributed by atoms with Crippen LogP contribution in [0.3, 0.4) is 0 Å². The third kappa shape index (κ3) is 4.89. The summed E-state index contributed by atoms with van der Waals surface area (Å²) in [4.78, 5) is 15.0. The number of nitrogens with zero attached hydrogens (tertiary/aromatic N) is 2. The van der Waals surface area contributed by atoms with Gasteiger partial charge in [-0.3, -0.25) is 9.69 Å². The number of fused-ring (bicyclic) bond motifs is 1. The van der Waals surface area contributed by atoms with Gasteiger partial charge in [-0.25, -0.2) is 5.43 Å². The van der Waals surface area contributed by atoms with Crippen LogP contribution in [0.4, 0.5) is 0 Å². The highest BCUT2D eigenvalue weighted by Gasteiger charge is 2.25. The average Bonchev–Trinajstić information content (AvgIpc) is 2.79. The van der Waals surface area contributed by atoms with Gasteiger partial charge in [0, 0.05) is 17.5 Å². The first kappa shape index (κ1) is 20.6. The normalized spacial score (nSPS) is 16.0. The van der Waals surface area contributed by atoms with E-state index in [1.165, 1.54) is 10.8 Å². The SMILES string of the molecule is C/C(=N\NC(=O)C1CCN(Cc2ccccc2Cl)CC1)c1ccc2ccccc2c1. The number of hydrogen-bond acceptors (Lipinski definition) is 3. The molecule has 3 aromatic carbocycles. The van der Waals surface area contributed by atoms with Gasteiger partial charge in [-0.05, 0) is 66.9 Å². The van der Waals surface area contributed by atoms with Gasteiger partial charge in [0.25, 0.3) is 0 Å². The molecule has 30 heavy (non-hydrogen) atoms. The maximum atomic E-state index is 12.6. The van der Waals surface area contributed by atoms with Crippen LogP contribution in [0.15, 0.2) is 71.8 Å². The van der Waals surface area contributed by atoms with Crippen molar-refractivity contribution in [3.8, 4) is 0 Å². The zero-order valence-corrected chi connectivity index (χ0v) is 17.9. The molecule has 1 saturated heterocycles. The molecule has 0 aliphatic carbocycles. The van der Waals surface area contributed by atoms with Gasteiger partial charge in [-0.15, -0.1) is 0 Å². The molecule has 0 radical (unpaired) electrons. The van der Waals surface area contributed by atoms with Crippen LogP contribution >= 0.6 is 11.6 Å². The lowest BCUT2D eigenvalue weighted by Crippen LogP contribution is -2.39. The highest BCUT2D eigenvalue weighted by atomic mass is 35.5. The average molecular weight is 420 g/mol. The van der Waals surface area contributed by atoms with Gasteiger partial charge < -0.3 is 0 Å². The summed E-state index contributed by atoms with van der Waals surface area (Å²) in [5, 5.41) is 7.53. The molecule has 154 valence electrons. The molecule has 5 heteroatoms. The van der Waals surface area contributed by atoms with Crippen molar-refractivity contribution in [1.29, 1.82) is 0 Å². The predicted molar refractivity (Wildman–Crippen MR) is 124 cm³/mol. The number of benzene rings is 3. The zero-order chi connectivity index (χ0) is 20.9. The predicted octanol–water partition coefficient (Wildman–Crippen LogP) is 5.25. The fraction of sp³-hybridized carbons (Fsp3) is 0.280. The van der Waals surface area contributed by atoms with Crippen LogP contribution in [0.5, 0.6) is 0 Å². The molecule has 0 unspecified atom stereocenters. The van der Waals surface area contributed by atoms with Gasteiger partial charge in [0.15, 0.2) is 0 Å². The van der Waals surface area contributed by atoms with E-state index >= 15 is 0 Å². The van der Waals surface area contributed by atoms with Crippen molar-refractivity contribution >= 4 is 34.0 Å². The van der Waals surface area contributed by atoms with Gasteiger partial charge in [-0.2, -0.15) is 5.10 Å². The van der Waals surface area contributed by atoms with Crippen LogP contribution in [0.1, 0.15) is 30.9 Å². The standard InChI is InChI=1S/C25H26ClN3O/c1-18(21-11-10-19-6-2-3-7-22(19)16-21)27-28-25(30)20-12-14-29(15-13-20)17-23-8-4-5-9-24(23)26/h2-11,16,20H,12-15,17H2,1H3,(H,28,30)/b27-18+. The van der Waals surface area contributed by atoms with E-state index in [0.717, 1.165) is 54.3 Å². The fourth-order valence-electron chi connectivity index (χ4n) is 3.93. The van der Waals surface area contributed by atoms with Gasteiger partial charge in [0.05, 0.1) is 5.71 Å². The maximum Gasteiger partial charge on any atom is 0.243 e. The number of piperidine rings is 1. The van der Waals surface area contributed by atoms with Crippen LogP contribution in [0, 0.1) is 5.92 Å². The Kier molecular flexibility index (Phi) is 6.46. The number of nitrogens with one attached hydrogen (secondary N) is 1. The monoisotopic (exact) mass is 419 g/mol. The second-order valence-corrected chi connectivity index (χ2v) is 8.28.